The normalized spacial score (nSPS) is 11.3. The van der Waals surface area contributed by atoms with Gasteiger partial charge >= 0.3 is 6.18 Å². The molecule has 98 valence electrons. The highest BCUT2D eigenvalue weighted by atomic mass is 19.4. The predicted octanol–water partition coefficient (Wildman–Crippen LogP) is 4.64. The van der Waals surface area contributed by atoms with E-state index in [1.165, 1.54) is 12.1 Å². The van der Waals surface area contributed by atoms with Crippen molar-refractivity contribution < 1.29 is 13.2 Å². The quantitative estimate of drug-likeness (QED) is 0.743. The van der Waals surface area contributed by atoms with Crippen LogP contribution in [0.3, 0.4) is 0 Å². The Morgan fingerprint density at radius 2 is 1.32 bits per heavy atom. The standard InChI is InChI=1S/C14H10F3NO/c15-14(16,17)13-7-5-12(6-8-13)11-3-1-10(2-4-11)9-18-19/h1-8H,9H2. The van der Waals surface area contributed by atoms with Crippen LogP contribution in [-0.2, 0) is 12.7 Å². The lowest BCUT2D eigenvalue weighted by molar-refractivity contribution is -0.137. The van der Waals surface area contributed by atoms with Crippen LogP contribution in [0.15, 0.2) is 53.7 Å². The SMILES string of the molecule is O=NCc1ccc(-c2ccc(C(F)(F)F)cc2)cc1. The van der Waals surface area contributed by atoms with Gasteiger partial charge in [0.25, 0.3) is 0 Å². The van der Waals surface area contributed by atoms with Crippen LogP contribution < -0.4 is 0 Å². The summed E-state index contributed by atoms with van der Waals surface area (Å²) in [5, 5.41) is 2.77. The Kier molecular flexibility index (Phi) is 3.64. The van der Waals surface area contributed by atoms with Crippen molar-refractivity contribution in [2.24, 2.45) is 5.18 Å². The molecule has 0 saturated carbocycles. The van der Waals surface area contributed by atoms with Gasteiger partial charge in [-0.15, -0.1) is 0 Å². The maximum atomic E-state index is 12.4. The fourth-order valence-electron chi connectivity index (χ4n) is 1.73. The Bertz CT molecular complexity index is 559. The van der Waals surface area contributed by atoms with Gasteiger partial charge in [0.05, 0.1) is 5.56 Å². The first-order valence-electron chi connectivity index (χ1n) is 5.56. The lowest BCUT2D eigenvalue weighted by atomic mass is 10.0. The zero-order chi connectivity index (χ0) is 13.9. The number of hydrogen-bond acceptors (Lipinski definition) is 2. The molecule has 2 aromatic carbocycles. The number of benzene rings is 2. The molecule has 0 spiro atoms. The second-order valence-corrected chi connectivity index (χ2v) is 4.06. The first-order chi connectivity index (χ1) is 9.00. The van der Waals surface area contributed by atoms with E-state index in [9.17, 15) is 18.1 Å². The molecule has 5 heteroatoms. The molecule has 0 amide bonds. The van der Waals surface area contributed by atoms with Crippen LogP contribution in [0.1, 0.15) is 11.1 Å². The molecular weight excluding hydrogens is 255 g/mol. The number of halogens is 3. The third kappa shape index (κ3) is 3.19. The van der Waals surface area contributed by atoms with E-state index in [0.29, 0.717) is 5.56 Å². The molecule has 0 atom stereocenters. The Morgan fingerprint density at radius 3 is 1.74 bits per heavy atom. The molecule has 0 radical (unpaired) electrons. The summed E-state index contributed by atoms with van der Waals surface area (Å²) in [6.45, 7) is 0.0906. The first-order valence-corrected chi connectivity index (χ1v) is 5.56. The summed E-state index contributed by atoms with van der Waals surface area (Å²) < 4.78 is 37.3. The molecule has 2 rings (SSSR count). The number of nitroso groups, excluding NO2 is 1. The molecule has 0 unspecified atom stereocenters. The molecule has 0 heterocycles. The maximum Gasteiger partial charge on any atom is 0.416 e. The Labute approximate surface area is 107 Å². The van der Waals surface area contributed by atoms with E-state index in [2.05, 4.69) is 5.18 Å². The highest BCUT2D eigenvalue weighted by Gasteiger charge is 2.29. The van der Waals surface area contributed by atoms with Gasteiger partial charge in [0.2, 0.25) is 0 Å². The summed E-state index contributed by atoms with van der Waals surface area (Å²) in [5.41, 5.74) is 1.59. The summed E-state index contributed by atoms with van der Waals surface area (Å²) >= 11 is 0. The van der Waals surface area contributed by atoms with Gasteiger partial charge in [0.15, 0.2) is 0 Å². The molecule has 0 aromatic heterocycles. The van der Waals surface area contributed by atoms with Crippen molar-refractivity contribution in [3.05, 3.63) is 64.6 Å². The Balaban J connectivity index is 2.24. The predicted molar refractivity (Wildman–Crippen MR) is 66.4 cm³/mol. The van der Waals surface area contributed by atoms with Crippen molar-refractivity contribution in [2.75, 3.05) is 0 Å². The lowest BCUT2D eigenvalue weighted by Crippen LogP contribution is -2.03. The second-order valence-electron chi connectivity index (χ2n) is 4.06. The van der Waals surface area contributed by atoms with Gasteiger partial charge in [-0.2, -0.15) is 18.1 Å². The van der Waals surface area contributed by atoms with Gasteiger partial charge in [-0.25, -0.2) is 0 Å². The molecule has 0 aliphatic heterocycles. The minimum absolute atomic E-state index is 0.0906. The van der Waals surface area contributed by atoms with Crippen LogP contribution in [-0.4, -0.2) is 0 Å². The van der Waals surface area contributed by atoms with Crippen LogP contribution in [0.25, 0.3) is 11.1 Å². The zero-order valence-corrected chi connectivity index (χ0v) is 9.82. The summed E-state index contributed by atoms with van der Waals surface area (Å²) in [5.74, 6) is 0. The van der Waals surface area contributed by atoms with Crippen LogP contribution in [0.4, 0.5) is 13.2 Å². The highest BCUT2D eigenvalue weighted by Crippen LogP contribution is 2.31. The average molecular weight is 265 g/mol. The Hall–Kier alpha value is -2.17. The van der Waals surface area contributed by atoms with Crippen molar-refractivity contribution >= 4 is 0 Å². The molecule has 0 aliphatic carbocycles. The first kappa shape index (κ1) is 13.3. The third-order valence-electron chi connectivity index (χ3n) is 2.75. The van der Waals surface area contributed by atoms with Crippen LogP contribution in [0.2, 0.25) is 0 Å². The summed E-state index contributed by atoms with van der Waals surface area (Å²) in [6, 6.07) is 11.9. The molecule has 0 aliphatic rings. The van der Waals surface area contributed by atoms with Gasteiger partial charge in [0, 0.05) is 0 Å². The summed E-state index contributed by atoms with van der Waals surface area (Å²) in [6.07, 6.45) is -4.32. The van der Waals surface area contributed by atoms with Gasteiger partial charge in [-0.3, -0.25) is 0 Å². The molecule has 0 saturated heterocycles. The minimum atomic E-state index is -4.32. The molecule has 2 nitrogen and oxygen atoms in total. The van der Waals surface area contributed by atoms with Crippen LogP contribution >= 0.6 is 0 Å². The van der Waals surface area contributed by atoms with Crippen LogP contribution in [0, 0.1) is 4.91 Å². The zero-order valence-electron chi connectivity index (χ0n) is 9.82. The number of rotatable bonds is 3. The van der Waals surface area contributed by atoms with Crippen molar-refractivity contribution in [3.63, 3.8) is 0 Å². The summed E-state index contributed by atoms with van der Waals surface area (Å²) in [7, 11) is 0. The smallest absolute Gasteiger partial charge is 0.166 e. The molecular formula is C14H10F3NO. The van der Waals surface area contributed by atoms with Crippen molar-refractivity contribution in [2.45, 2.75) is 12.7 Å². The average Bonchev–Trinajstić information content (AvgIpc) is 2.39. The van der Waals surface area contributed by atoms with Gasteiger partial charge in [-0.05, 0) is 28.8 Å². The lowest BCUT2D eigenvalue weighted by Gasteiger charge is -2.08. The fourth-order valence-corrected chi connectivity index (χ4v) is 1.73. The van der Waals surface area contributed by atoms with E-state index in [4.69, 9.17) is 0 Å². The number of alkyl halides is 3. The topological polar surface area (TPSA) is 29.4 Å². The molecule has 2 aromatic rings. The minimum Gasteiger partial charge on any atom is -0.166 e. The van der Waals surface area contributed by atoms with E-state index in [1.807, 2.05) is 0 Å². The number of nitrogens with zero attached hydrogens (tertiary/aromatic N) is 1. The molecule has 0 fully saturated rings. The van der Waals surface area contributed by atoms with E-state index in [1.54, 1.807) is 24.3 Å². The summed E-state index contributed by atoms with van der Waals surface area (Å²) in [4.78, 5) is 10.1. The Morgan fingerprint density at radius 1 is 0.842 bits per heavy atom. The van der Waals surface area contributed by atoms with E-state index in [-0.39, 0.29) is 6.54 Å². The van der Waals surface area contributed by atoms with Gasteiger partial charge in [-0.1, -0.05) is 41.6 Å². The largest absolute Gasteiger partial charge is 0.416 e. The third-order valence-corrected chi connectivity index (χ3v) is 2.75. The fraction of sp³-hybridized carbons (Fsp3) is 0.143. The van der Waals surface area contributed by atoms with E-state index < -0.39 is 11.7 Å². The molecule has 0 bridgehead atoms. The van der Waals surface area contributed by atoms with Gasteiger partial charge < -0.3 is 0 Å². The van der Waals surface area contributed by atoms with Gasteiger partial charge in [0.1, 0.15) is 6.54 Å². The van der Waals surface area contributed by atoms with Crippen LogP contribution in [0.5, 0.6) is 0 Å². The highest BCUT2D eigenvalue weighted by molar-refractivity contribution is 5.64. The number of hydrogen-bond donors (Lipinski definition) is 0. The van der Waals surface area contributed by atoms with Crippen molar-refractivity contribution in [1.29, 1.82) is 0 Å². The maximum absolute atomic E-state index is 12.4. The van der Waals surface area contributed by atoms with E-state index >= 15 is 0 Å². The second kappa shape index (κ2) is 5.22. The van der Waals surface area contributed by atoms with Crippen molar-refractivity contribution in [1.82, 2.24) is 0 Å². The van der Waals surface area contributed by atoms with E-state index in [0.717, 1.165) is 23.3 Å². The molecule has 19 heavy (non-hydrogen) atoms. The monoisotopic (exact) mass is 265 g/mol. The molecule has 0 N–H and O–H groups in total. The van der Waals surface area contributed by atoms with Crippen molar-refractivity contribution in [3.8, 4) is 11.1 Å².